The Morgan fingerprint density at radius 1 is 0.909 bits per heavy atom. The second kappa shape index (κ2) is 11.4. The van der Waals surface area contributed by atoms with Gasteiger partial charge in [-0.3, -0.25) is 0 Å². The van der Waals surface area contributed by atoms with Gasteiger partial charge in [-0.1, -0.05) is 33.3 Å². The zero-order valence-electron chi connectivity index (χ0n) is 14.6. The van der Waals surface area contributed by atoms with Crippen LogP contribution in [0.1, 0.15) is 70.8 Å². The highest BCUT2D eigenvalue weighted by molar-refractivity contribution is 5.44. The first-order chi connectivity index (χ1) is 10.8. The van der Waals surface area contributed by atoms with Crippen molar-refractivity contribution >= 4 is 0 Å². The lowest BCUT2D eigenvalue weighted by atomic mass is 9.90. The molecule has 0 saturated heterocycles. The van der Waals surface area contributed by atoms with Gasteiger partial charge in [-0.15, -0.1) is 0 Å². The number of hydrogen-bond acceptors (Lipinski definition) is 3. The van der Waals surface area contributed by atoms with Crippen molar-refractivity contribution in [2.45, 2.75) is 65.2 Å². The van der Waals surface area contributed by atoms with Crippen molar-refractivity contribution in [1.29, 1.82) is 0 Å². The highest BCUT2D eigenvalue weighted by atomic mass is 16.5. The summed E-state index contributed by atoms with van der Waals surface area (Å²) in [5, 5.41) is 0. The third kappa shape index (κ3) is 6.27. The van der Waals surface area contributed by atoms with Crippen molar-refractivity contribution in [3.8, 4) is 11.5 Å². The summed E-state index contributed by atoms with van der Waals surface area (Å²) >= 11 is 0. The monoisotopic (exact) mass is 307 g/mol. The van der Waals surface area contributed by atoms with E-state index in [1.807, 2.05) is 0 Å². The molecule has 0 aliphatic heterocycles. The Morgan fingerprint density at radius 2 is 1.59 bits per heavy atom. The van der Waals surface area contributed by atoms with E-state index in [2.05, 4.69) is 39.0 Å². The quantitative estimate of drug-likeness (QED) is 0.598. The summed E-state index contributed by atoms with van der Waals surface area (Å²) in [4.78, 5) is 0. The van der Waals surface area contributed by atoms with Gasteiger partial charge in [-0.25, -0.2) is 0 Å². The second-order valence-electron chi connectivity index (χ2n) is 5.82. The van der Waals surface area contributed by atoms with Gasteiger partial charge in [0, 0.05) is 0 Å². The van der Waals surface area contributed by atoms with Crippen LogP contribution in [-0.4, -0.2) is 19.8 Å². The minimum Gasteiger partial charge on any atom is -0.490 e. The van der Waals surface area contributed by atoms with E-state index in [1.165, 1.54) is 18.4 Å². The molecule has 1 atom stereocenters. The van der Waals surface area contributed by atoms with Crippen LogP contribution in [0.2, 0.25) is 0 Å². The van der Waals surface area contributed by atoms with Crippen molar-refractivity contribution in [1.82, 2.24) is 0 Å². The third-order valence-electron chi connectivity index (χ3n) is 3.76. The maximum absolute atomic E-state index is 5.91. The lowest BCUT2D eigenvalue weighted by Gasteiger charge is -2.19. The van der Waals surface area contributed by atoms with Crippen molar-refractivity contribution < 1.29 is 9.47 Å². The summed E-state index contributed by atoms with van der Waals surface area (Å²) in [6.45, 7) is 8.70. The maximum atomic E-state index is 5.91. The first kappa shape index (κ1) is 18.8. The fourth-order valence-electron chi connectivity index (χ4n) is 2.63. The summed E-state index contributed by atoms with van der Waals surface area (Å²) in [5.41, 5.74) is 7.03. The molecule has 0 radical (unpaired) electrons. The van der Waals surface area contributed by atoms with E-state index in [-0.39, 0.29) is 0 Å². The SMILES string of the molecule is CCCOc1ccc(C(CCC)CCCN)cc1OCCC. The van der Waals surface area contributed by atoms with Crippen LogP contribution in [0.4, 0.5) is 0 Å². The molecule has 0 bridgehead atoms. The van der Waals surface area contributed by atoms with E-state index in [1.54, 1.807) is 0 Å². The van der Waals surface area contributed by atoms with Crippen molar-refractivity contribution in [2.24, 2.45) is 5.73 Å². The molecule has 1 aromatic rings. The Labute approximate surface area is 136 Å². The lowest BCUT2D eigenvalue weighted by Crippen LogP contribution is -2.06. The third-order valence-corrected chi connectivity index (χ3v) is 3.76. The first-order valence-corrected chi connectivity index (χ1v) is 8.86. The van der Waals surface area contributed by atoms with Gasteiger partial charge in [0.25, 0.3) is 0 Å². The highest BCUT2D eigenvalue weighted by Gasteiger charge is 2.14. The number of nitrogens with two attached hydrogens (primary N) is 1. The summed E-state index contributed by atoms with van der Waals surface area (Å²) in [6.07, 6.45) is 6.61. The minimum atomic E-state index is 0.567. The van der Waals surface area contributed by atoms with E-state index in [0.29, 0.717) is 5.92 Å². The molecule has 0 aromatic heterocycles. The fraction of sp³-hybridized carbons (Fsp3) is 0.684. The molecule has 1 aromatic carbocycles. The van der Waals surface area contributed by atoms with Crippen LogP contribution in [0.25, 0.3) is 0 Å². The van der Waals surface area contributed by atoms with Crippen LogP contribution in [0.5, 0.6) is 11.5 Å². The molecule has 0 aliphatic rings. The molecule has 0 saturated carbocycles. The molecule has 0 aliphatic carbocycles. The zero-order valence-corrected chi connectivity index (χ0v) is 14.6. The van der Waals surface area contributed by atoms with Crippen LogP contribution in [0.3, 0.4) is 0 Å². The normalized spacial score (nSPS) is 12.2. The number of benzene rings is 1. The summed E-state index contributed by atoms with van der Waals surface area (Å²) < 4.78 is 11.7. The second-order valence-corrected chi connectivity index (χ2v) is 5.82. The van der Waals surface area contributed by atoms with Gasteiger partial charge < -0.3 is 15.2 Å². The Bertz CT molecular complexity index is 406. The Hall–Kier alpha value is -1.22. The van der Waals surface area contributed by atoms with Crippen molar-refractivity contribution in [3.05, 3.63) is 23.8 Å². The van der Waals surface area contributed by atoms with Crippen LogP contribution >= 0.6 is 0 Å². The Kier molecular flexibility index (Phi) is 9.72. The van der Waals surface area contributed by atoms with Gasteiger partial charge in [0.2, 0.25) is 0 Å². The summed E-state index contributed by atoms with van der Waals surface area (Å²) in [5.74, 6) is 2.33. The molecular formula is C19H33NO2. The topological polar surface area (TPSA) is 44.5 Å². The van der Waals surface area contributed by atoms with Gasteiger partial charge in [0.05, 0.1) is 13.2 Å². The molecule has 0 heterocycles. The average molecular weight is 307 g/mol. The molecule has 1 rings (SSSR count). The standard InChI is InChI=1S/C19H33NO2/c1-4-8-16(9-7-12-20)17-10-11-18(21-13-5-2)19(15-17)22-14-6-3/h10-11,15-16H,4-9,12-14,20H2,1-3H3. The molecule has 22 heavy (non-hydrogen) atoms. The Balaban J connectivity index is 2.92. The lowest BCUT2D eigenvalue weighted by molar-refractivity contribution is 0.268. The molecule has 0 fully saturated rings. The average Bonchev–Trinajstić information content (AvgIpc) is 2.55. The van der Waals surface area contributed by atoms with Crippen LogP contribution in [0.15, 0.2) is 18.2 Å². The van der Waals surface area contributed by atoms with Gasteiger partial charge in [0.15, 0.2) is 11.5 Å². The predicted octanol–water partition coefficient (Wildman–Crippen LogP) is 4.89. The van der Waals surface area contributed by atoms with E-state index in [4.69, 9.17) is 15.2 Å². The Morgan fingerprint density at radius 3 is 2.18 bits per heavy atom. The van der Waals surface area contributed by atoms with Gasteiger partial charge in [-0.05, 0) is 62.3 Å². The molecule has 1 unspecified atom stereocenters. The van der Waals surface area contributed by atoms with Gasteiger partial charge >= 0.3 is 0 Å². The molecular weight excluding hydrogens is 274 g/mol. The van der Waals surface area contributed by atoms with Gasteiger partial charge in [-0.2, -0.15) is 0 Å². The molecule has 3 heteroatoms. The summed E-state index contributed by atoms with van der Waals surface area (Å²) in [7, 11) is 0. The highest BCUT2D eigenvalue weighted by Crippen LogP contribution is 2.34. The number of rotatable bonds is 12. The van der Waals surface area contributed by atoms with Crippen molar-refractivity contribution in [3.63, 3.8) is 0 Å². The minimum absolute atomic E-state index is 0.567. The molecule has 126 valence electrons. The smallest absolute Gasteiger partial charge is 0.161 e. The van der Waals surface area contributed by atoms with E-state index in [9.17, 15) is 0 Å². The largest absolute Gasteiger partial charge is 0.490 e. The maximum Gasteiger partial charge on any atom is 0.161 e. The fourth-order valence-corrected chi connectivity index (χ4v) is 2.63. The zero-order chi connectivity index (χ0) is 16.2. The predicted molar refractivity (Wildman–Crippen MR) is 94.0 cm³/mol. The van der Waals surface area contributed by atoms with Crippen LogP contribution < -0.4 is 15.2 Å². The van der Waals surface area contributed by atoms with Crippen molar-refractivity contribution in [2.75, 3.05) is 19.8 Å². The molecule has 0 amide bonds. The molecule has 2 N–H and O–H groups in total. The van der Waals surface area contributed by atoms with Crippen LogP contribution in [-0.2, 0) is 0 Å². The molecule has 0 spiro atoms. The number of hydrogen-bond donors (Lipinski definition) is 1. The summed E-state index contributed by atoms with van der Waals surface area (Å²) in [6, 6.07) is 6.44. The van der Waals surface area contributed by atoms with E-state index >= 15 is 0 Å². The van der Waals surface area contributed by atoms with E-state index in [0.717, 1.165) is 56.9 Å². The van der Waals surface area contributed by atoms with Crippen LogP contribution in [0, 0.1) is 0 Å². The van der Waals surface area contributed by atoms with E-state index < -0.39 is 0 Å². The number of ether oxygens (including phenoxy) is 2. The molecule has 3 nitrogen and oxygen atoms in total. The first-order valence-electron chi connectivity index (χ1n) is 8.86. The van der Waals surface area contributed by atoms with Gasteiger partial charge in [0.1, 0.15) is 0 Å².